The van der Waals surface area contributed by atoms with Crippen molar-refractivity contribution in [3.63, 3.8) is 0 Å². The van der Waals surface area contributed by atoms with Crippen molar-refractivity contribution in [1.82, 2.24) is 0 Å². The molecule has 2 aromatic rings. The van der Waals surface area contributed by atoms with Crippen molar-refractivity contribution in [2.24, 2.45) is 0 Å². The maximum atomic E-state index is 9.63. The predicted octanol–water partition coefficient (Wildman–Crippen LogP) is 6.00. The molecule has 0 unspecified atom stereocenters. The van der Waals surface area contributed by atoms with E-state index in [4.69, 9.17) is 0 Å². The average molecular weight is 305 g/mol. The van der Waals surface area contributed by atoms with E-state index in [1.54, 1.807) is 0 Å². The monoisotopic (exact) mass is 305 g/mol. The average Bonchev–Trinajstić information content (AvgIpc) is 2.52. The van der Waals surface area contributed by atoms with Crippen LogP contribution in [-0.4, -0.2) is 0 Å². The Morgan fingerprint density at radius 3 is 1.13 bits per heavy atom. The maximum Gasteiger partial charge on any atom is 0.0997 e. The summed E-state index contributed by atoms with van der Waals surface area (Å²) in [6.07, 6.45) is 0. The third-order valence-electron chi connectivity index (χ3n) is 5.99. The van der Waals surface area contributed by atoms with Crippen molar-refractivity contribution in [3.8, 4) is 17.2 Å². The molecule has 2 aromatic carbocycles. The fraction of sp³-hybridized carbons (Fsp3) is 0.409. The van der Waals surface area contributed by atoms with Gasteiger partial charge >= 0.3 is 0 Å². The Hall–Kier alpha value is -2.07. The van der Waals surface area contributed by atoms with Crippen LogP contribution in [0.3, 0.4) is 0 Å². The van der Waals surface area contributed by atoms with Gasteiger partial charge in [0.1, 0.15) is 0 Å². The Morgan fingerprint density at radius 1 is 0.435 bits per heavy atom. The van der Waals surface area contributed by atoms with Gasteiger partial charge in [0.15, 0.2) is 0 Å². The van der Waals surface area contributed by atoms with Gasteiger partial charge < -0.3 is 0 Å². The first kappa shape index (κ1) is 17.3. The zero-order valence-corrected chi connectivity index (χ0v) is 15.9. The van der Waals surface area contributed by atoms with E-state index in [0.717, 1.165) is 16.7 Å². The van der Waals surface area contributed by atoms with Crippen LogP contribution in [0.25, 0.3) is 11.1 Å². The van der Waals surface area contributed by atoms with Gasteiger partial charge in [-0.05, 0) is 124 Å². The summed E-state index contributed by atoms with van der Waals surface area (Å²) in [5, 5.41) is 9.63. The lowest BCUT2D eigenvalue weighted by Crippen LogP contribution is -2.05. The number of hydrogen-bond donors (Lipinski definition) is 0. The fourth-order valence-electron chi connectivity index (χ4n) is 3.76. The van der Waals surface area contributed by atoms with Crippen molar-refractivity contribution in [2.45, 2.75) is 62.3 Å². The van der Waals surface area contributed by atoms with E-state index >= 15 is 0 Å². The van der Waals surface area contributed by atoms with Crippen LogP contribution in [0, 0.1) is 73.6 Å². The molecule has 0 aliphatic rings. The molecular weight excluding hydrogens is 278 g/mol. The zero-order valence-electron chi connectivity index (χ0n) is 15.9. The third kappa shape index (κ3) is 2.38. The molecule has 1 heteroatoms. The molecule has 0 radical (unpaired) electrons. The molecule has 0 fully saturated rings. The number of nitrogens with zero attached hydrogens (tertiary/aromatic N) is 1. The SMILES string of the molecule is Cc1c(C)c(C)c(-c2c(C)c(C)c(C)c(C#N)c2C)c(C)c1C. The summed E-state index contributed by atoms with van der Waals surface area (Å²) in [7, 11) is 0. The zero-order chi connectivity index (χ0) is 17.6. The molecule has 0 atom stereocenters. The maximum absolute atomic E-state index is 9.63. The van der Waals surface area contributed by atoms with Gasteiger partial charge in [0.25, 0.3) is 0 Å². The van der Waals surface area contributed by atoms with Gasteiger partial charge in [-0.25, -0.2) is 0 Å². The van der Waals surface area contributed by atoms with Gasteiger partial charge in [-0.15, -0.1) is 0 Å². The van der Waals surface area contributed by atoms with Crippen LogP contribution in [0.4, 0.5) is 0 Å². The third-order valence-corrected chi connectivity index (χ3v) is 5.99. The molecule has 120 valence electrons. The molecule has 2 rings (SSSR count). The summed E-state index contributed by atoms with van der Waals surface area (Å²) in [4.78, 5) is 0. The van der Waals surface area contributed by atoms with Gasteiger partial charge in [0, 0.05) is 0 Å². The summed E-state index contributed by atoms with van der Waals surface area (Å²) in [5.41, 5.74) is 14.9. The Morgan fingerprint density at radius 2 is 0.739 bits per heavy atom. The van der Waals surface area contributed by atoms with Crippen molar-refractivity contribution in [2.75, 3.05) is 0 Å². The van der Waals surface area contributed by atoms with Gasteiger partial charge in [-0.3, -0.25) is 0 Å². The molecule has 0 saturated heterocycles. The molecule has 1 nitrogen and oxygen atoms in total. The van der Waals surface area contributed by atoms with Crippen LogP contribution in [0.5, 0.6) is 0 Å². The first-order valence-electron chi connectivity index (χ1n) is 8.22. The molecule has 0 aromatic heterocycles. The van der Waals surface area contributed by atoms with Crippen LogP contribution in [-0.2, 0) is 0 Å². The highest BCUT2D eigenvalue weighted by Gasteiger charge is 2.21. The van der Waals surface area contributed by atoms with Crippen molar-refractivity contribution >= 4 is 0 Å². The lowest BCUT2D eigenvalue weighted by Gasteiger charge is -2.24. The lowest BCUT2D eigenvalue weighted by atomic mass is 9.80. The van der Waals surface area contributed by atoms with Crippen molar-refractivity contribution in [1.29, 1.82) is 5.26 Å². The topological polar surface area (TPSA) is 23.8 Å². The van der Waals surface area contributed by atoms with Crippen LogP contribution in [0.1, 0.15) is 55.6 Å². The van der Waals surface area contributed by atoms with Crippen LogP contribution < -0.4 is 0 Å². The summed E-state index contributed by atoms with van der Waals surface area (Å²) in [6.45, 7) is 19.5. The molecule has 0 amide bonds. The molecule has 0 aliphatic heterocycles. The summed E-state index contributed by atoms with van der Waals surface area (Å²) in [5.74, 6) is 0. The van der Waals surface area contributed by atoms with Gasteiger partial charge in [0.05, 0.1) is 11.6 Å². The Labute approximate surface area is 141 Å². The molecule has 0 bridgehead atoms. The second-order valence-electron chi connectivity index (χ2n) is 6.86. The quantitative estimate of drug-likeness (QED) is 0.633. The Kier molecular flexibility index (Phi) is 4.40. The minimum absolute atomic E-state index is 0.831. The fourth-order valence-corrected chi connectivity index (χ4v) is 3.76. The molecule has 23 heavy (non-hydrogen) atoms. The number of rotatable bonds is 1. The second-order valence-corrected chi connectivity index (χ2v) is 6.86. The van der Waals surface area contributed by atoms with Crippen molar-refractivity contribution in [3.05, 3.63) is 55.6 Å². The first-order valence-corrected chi connectivity index (χ1v) is 8.22. The Bertz CT molecular complexity index is 832. The predicted molar refractivity (Wildman–Crippen MR) is 99.2 cm³/mol. The van der Waals surface area contributed by atoms with Gasteiger partial charge in [0.2, 0.25) is 0 Å². The van der Waals surface area contributed by atoms with Crippen LogP contribution in [0.15, 0.2) is 0 Å². The van der Waals surface area contributed by atoms with E-state index in [1.807, 2.05) is 0 Å². The highest BCUT2D eigenvalue weighted by molar-refractivity contribution is 5.82. The van der Waals surface area contributed by atoms with Gasteiger partial charge in [-0.1, -0.05) is 0 Å². The summed E-state index contributed by atoms with van der Waals surface area (Å²) < 4.78 is 0. The summed E-state index contributed by atoms with van der Waals surface area (Å²) >= 11 is 0. The van der Waals surface area contributed by atoms with E-state index in [-0.39, 0.29) is 0 Å². The van der Waals surface area contributed by atoms with E-state index in [9.17, 15) is 5.26 Å². The largest absolute Gasteiger partial charge is 0.192 e. The highest BCUT2D eigenvalue weighted by atomic mass is 14.3. The van der Waals surface area contributed by atoms with Crippen molar-refractivity contribution < 1.29 is 0 Å². The van der Waals surface area contributed by atoms with Crippen LogP contribution >= 0.6 is 0 Å². The molecule has 0 N–H and O–H groups in total. The normalized spacial score (nSPS) is 10.8. The van der Waals surface area contributed by atoms with E-state index in [0.29, 0.717) is 0 Å². The number of nitriles is 1. The smallest absolute Gasteiger partial charge is 0.0997 e. The lowest BCUT2D eigenvalue weighted by molar-refractivity contribution is 1.16. The standard InChI is InChI=1S/C22H27N/c1-11-12(2)16(6)21(17(7)13(11)3)22-18(8)14(4)15(5)20(10-23)19(22)9/h1-9H3. The minimum Gasteiger partial charge on any atom is -0.192 e. The second kappa shape index (κ2) is 5.85. The molecule has 0 heterocycles. The highest BCUT2D eigenvalue weighted by Crippen LogP contribution is 2.40. The first-order chi connectivity index (χ1) is 10.6. The number of hydrogen-bond acceptors (Lipinski definition) is 1. The van der Waals surface area contributed by atoms with Gasteiger partial charge in [-0.2, -0.15) is 5.26 Å². The molecule has 0 spiro atoms. The Balaban J connectivity index is 3.07. The molecule has 0 saturated carbocycles. The van der Waals surface area contributed by atoms with Crippen LogP contribution in [0.2, 0.25) is 0 Å². The number of benzene rings is 2. The van der Waals surface area contributed by atoms with E-state index in [1.165, 1.54) is 50.1 Å². The minimum atomic E-state index is 0.831. The molecule has 0 aliphatic carbocycles. The van der Waals surface area contributed by atoms with E-state index in [2.05, 4.69) is 68.4 Å². The molecular formula is C22H27N. The summed E-state index contributed by atoms with van der Waals surface area (Å²) in [6, 6.07) is 2.42. The van der Waals surface area contributed by atoms with E-state index < -0.39 is 0 Å².